The first-order valence-electron chi connectivity index (χ1n) is 4.30. The van der Waals surface area contributed by atoms with E-state index in [0.29, 0.717) is 5.92 Å². The highest BCUT2D eigenvalue weighted by Gasteiger charge is 2.25. The Kier molecular flexibility index (Phi) is 1.48. The molecular formula is C9H14N2. The SMILES string of the molecule is CC(C)c1cncn1C1CC1. The van der Waals surface area contributed by atoms with Gasteiger partial charge in [0.25, 0.3) is 0 Å². The molecule has 0 spiro atoms. The molecule has 2 nitrogen and oxygen atoms in total. The molecule has 0 aromatic carbocycles. The van der Waals surface area contributed by atoms with Crippen LogP contribution in [0.25, 0.3) is 0 Å². The topological polar surface area (TPSA) is 17.8 Å². The highest BCUT2D eigenvalue weighted by atomic mass is 15.1. The number of hydrogen-bond donors (Lipinski definition) is 0. The number of rotatable bonds is 2. The van der Waals surface area contributed by atoms with Crippen LogP contribution in [-0.2, 0) is 0 Å². The summed E-state index contributed by atoms with van der Waals surface area (Å²) in [7, 11) is 0. The van der Waals surface area contributed by atoms with Crippen molar-refractivity contribution in [3.05, 3.63) is 18.2 Å². The fourth-order valence-electron chi connectivity index (χ4n) is 1.42. The summed E-state index contributed by atoms with van der Waals surface area (Å²) < 4.78 is 2.32. The predicted octanol–water partition coefficient (Wildman–Crippen LogP) is 2.34. The highest BCUT2D eigenvalue weighted by Crippen LogP contribution is 2.36. The van der Waals surface area contributed by atoms with Gasteiger partial charge in [0, 0.05) is 17.9 Å². The molecule has 1 aliphatic carbocycles. The fraction of sp³-hybridized carbons (Fsp3) is 0.667. The lowest BCUT2D eigenvalue weighted by Crippen LogP contribution is -1.99. The van der Waals surface area contributed by atoms with Crippen molar-refractivity contribution >= 4 is 0 Å². The second kappa shape index (κ2) is 2.36. The van der Waals surface area contributed by atoms with Crippen LogP contribution in [-0.4, -0.2) is 9.55 Å². The Morgan fingerprint density at radius 3 is 2.82 bits per heavy atom. The van der Waals surface area contributed by atoms with Crippen LogP contribution < -0.4 is 0 Å². The molecule has 1 fully saturated rings. The van der Waals surface area contributed by atoms with Gasteiger partial charge in [-0.3, -0.25) is 0 Å². The van der Waals surface area contributed by atoms with Crippen molar-refractivity contribution in [1.82, 2.24) is 9.55 Å². The second-order valence-electron chi connectivity index (χ2n) is 3.61. The van der Waals surface area contributed by atoms with Gasteiger partial charge in [0.1, 0.15) is 0 Å². The number of nitrogens with zero attached hydrogens (tertiary/aromatic N) is 2. The lowest BCUT2D eigenvalue weighted by molar-refractivity contribution is 0.657. The second-order valence-corrected chi connectivity index (χ2v) is 3.61. The van der Waals surface area contributed by atoms with E-state index in [4.69, 9.17) is 0 Å². The van der Waals surface area contributed by atoms with Crippen LogP contribution in [0.15, 0.2) is 12.5 Å². The van der Waals surface area contributed by atoms with Gasteiger partial charge in [-0.25, -0.2) is 4.98 Å². The Morgan fingerprint density at radius 1 is 1.55 bits per heavy atom. The van der Waals surface area contributed by atoms with Gasteiger partial charge in [-0.15, -0.1) is 0 Å². The third-order valence-electron chi connectivity index (χ3n) is 2.23. The summed E-state index contributed by atoms with van der Waals surface area (Å²) in [6, 6.07) is 0.773. The van der Waals surface area contributed by atoms with Gasteiger partial charge < -0.3 is 4.57 Å². The van der Waals surface area contributed by atoms with E-state index in [1.54, 1.807) is 0 Å². The van der Waals surface area contributed by atoms with Gasteiger partial charge in [-0.2, -0.15) is 0 Å². The van der Waals surface area contributed by atoms with Gasteiger partial charge in [0.2, 0.25) is 0 Å². The Hall–Kier alpha value is -0.790. The summed E-state index contributed by atoms with van der Waals surface area (Å²) >= 11 is 0. The van der Waals surface area contributed by atoms with Crippen molar-refractivity contribution < 1.29 is 0 Å². The molecule has 2 rings (SSSR count). The van der Waals surface area contributed by atoms with E-state index in [9.17, 15) is 0 Å². The molecule has 2 heteroatoms. The van der Waals surface area contributed by atoms with Crippen molar-refractivity contribution in [1.29, 1.82) is 0 Å². The molecule has 0 unspecified atom stereocenters. The van der Waals surface area contributed by atoms with Crippen LogP contribution in [0.1, 0.15) is 44.3 Å². The monoisotopic (exact) mass is 150 g/mol. The number of aromatic nitrogens is 2. The quantitative estimate of drug-likeness (QED) is 0.632. The van der Waals surface area contributed by atoms with Crippen molar-refractivity contribution in [2.24, 2.45) is 0 Å². The minimum atomic E-state index is 0.609. The van der Waals surface area contributed by atoms with Gasteiger partial charge >= 0.3 is 0 Å². The van der Waals surface area contributed by atoms with Crippen LogP contribution in [0.2, 0.25) is 0 Å². The molecule has 0 atom stereocenters. The number of imidazole rings is 1. The summed E-state index contributed by atoms with van der Waals surface area (Å²) in [5.74, 6) is 0.609. The van der Waals surface area contributed by atoms with E-state index in [1.807, 2.05) is 12.5 Å². The summed E-state index contributed by atoms with van der Waals surface area (Å²) in [5.41, 5.74) is 1.38. The third-order valence-corrected chi connectivity index (χ3v) is 2.23. The molecule has 0 saturated heterocycles. The average Bonchev–Trinajstić information content (AvgIpc) is 2.68. The summed E-state index contributed by atoms with van der Waals surface area (Å²) in [5, 5.41) is 0. The van der Waals surface area contributed by atoms with Crippen molar-refractivity contribution in [3.63, 3.8) is 0 Å². The molecule has 0 amide bonds. The summed E-state index contributed by atoms with van der Waals surface area (Å²) in [6.07, 6.45) is 6.64. The Bertz CT molecular complexity index is 229. The Labute approximate surface area is 67.3 Å². The largest absolute Gasteiger partial charge is 0.331 e. The van der Waals surface area contributed by atoms with E-state index in [0.717, 1.165) is 6.04 Å². The van der Waals surface area contributed by atoms with E-state index in [2.05, 4.69) is 23.4 Å². The lowest BCUT2D eigenvalue weighted by atomic mass is 10.1. The molecule has 0 N–H and O–H groups in total. The van der Waals surface area contributed by atoms with E-state index >= 15 is 0 Å². The van der Waals surface area contributed by atoms with Crippen LogP contribution in [0, 0.1) is 0 Å². The summed E-state index contributed by atoms with van der Waals surface area (Å²) in [4.78, 5) is 4.17. The zero-order chi connectivity index (χ0) is 7.84. The minimum Gasteiger partial charge on any atom is -0.331 e. The molecule has 11 heavy (non-hydrogen) atoms. The first-order valence-corrected chi connectivity index (χ1v) is 4.30. The minimum absolute atomic E-state index is 0.609. The smallest absolute Gasteiger partial charge is 0.0950 e. The van der Waals surface area contributed by atoms with Crippen LogP contribution in [0.4, 0.5) is 0 Å². The van der Waals surface area contributed by atoms with Crippen LogP contribution in [0.5, 0.6) is 0 Å². The van der Waals surface area contributed by atoms with Gasteiger partial charge in [0.05, 0.1) is 6.33 Å². The molecular weight excluding hydrogens is 136 g/mol. The first-order chi connectivity index (χ1) is 5.29. The predicted molar refractivity (Wildman–Crippen MR) is 44.6 cm³/mol. The Balaban J connectivity index is 2.30. The molecule has 0 bridgehead atoms. The van der Waals surface area contributed by atoms with Crippen molar-refractivity contribution in [3.8, 4) is 0 Å². The molecule has 1 heterocycles. The Morgan fingerprint density at radius 2 is 2.27 bits per heavy atom. The maximum Gasteiger partial charge on any atom is 0.0950 e. The van der Waals surface area contributed by atoms with Crippen molar-refractivity contribution in [2.75, 3.05) is 0 Å². The van der Waals surface area contributed by atoms with E-state index in [-0.39, 0.29) is 0 Å². The molecule has 1 aromatic heterocycles. The zero-order valence-electron chi connectivity index (χ0n) is 7.12. The van der Waals surface area contributed by atoms with E-state index in [1.165, 1.54) is 18.5 Å². The van der Waals surface area contributed by atoms with Crippen LogP contribution in [0.3, 0.4) is 0 Å². The maximum absolute atomic E-state index is 4.17. The lowest BCUT2D eigenvalue weighted by Gasteiger charge is -2.08. The molecule has 60 valence electrons. The molecule has 0 aliphatic heterocycles. The maximum atomic E-state index is 4.17. The average molecular weight is 150 g/mol. The van der Waals surface area contributed by atoms with Gasteiger partial charge in [0.15, 0.2) is 0 Å². The summed E-state index contributed by atoms with van der Waals surface area (Å²) in [6.45, 7) is 4.44. The number of hydrogen-bond acceptors (Lipinski definition) is 1. The van der Waals surface area contributed by atoms with Gasteiger partial charge in [-0.1, -0.05) is 13.8 Å². The van der Waals surface area contributed by atoms with Crippen LogP contribution >= 0.6 is 0 Å². The first kappa shape index (κ1) is 6.89. The zero-order valence-corrected chi connectivity index (χ0v) is 7.12. The molecule has 1 saturated carbocycles. The van der Waals surface area contributed by atoms with Crippen molar-refractivity contribution in [2.45, 2.75) is 38.6 Å². The van der Waals surface area contributed by atoms with Gasteiger partial charge in [-0.05, 0) is 18.8 Å². The highest BCUT2D eigenvalue weighted by molar-refractivity contribution is 5.07. The third kappa shape index (κ3) is 1.17. The standard InChI is InChI=1S/C9H14N2/c1-7(2)9-5-10-6-11(9)8-3-4-8/h5-8H,3-4H2,1-2H3. The molecule has 0 radical (unpaired) electrons. The molecule has 1 aliphatic rings. The fourth-order valence-corrected chi connectivity index (χ4v) is 1.42. The van der Waals surface area contributed by atoms with E-state index < -0.39 is 0 Å². The molecule has 1 aromatic rings. The normalized spacial score (nSPS) is 17.7.